The van der Waals surface area contributed by atoms with Crippen LogP contribution in [0.5, 0.6) is 0 Å². The van der Waals surface area contributed by atoms with Crippen LogP contribution in [0.15, 0.2) is 36.8 Å². The highest BCUT2D eigenvalue weighted by molar-refractivity contribution is 5.97. The molecule has 1 aliphatic heterocycles. The van der Waals surface area contributed by atoms with E-state index in [9.17, 15) is 13.6 Å². The lowest BCUT2D eigenvalue weighted by atomic mass is 10.1. The number of hydrogen-bond acceptors (Lipinski definition) is 6. The molecule has 1 aromatic carbocycles. The minimum Gasteiger partial charge on any atom is -0.368 e. The molecule has 0 spiro atoms. The van der Waals surface area contributed by atoms with Crippen molar-refractivity contribution in [1.82, 2.24) is 24.8 Å². The number of likely N-dealkylation sites (tertiary alicyclic amines) is 1. The van der Waals surface area contributed by atoms with E-state index >= 15 is 0 Å². The van der Waals surface area contributed by atoms with Gasteiger partial charge in [-0.3, -0.25) is 9.78 Å². The summed E-state index contributed by atoms with van der Waals surface area (Å²) in [4.78, 5) is 30.8. The fourth-order valence-electron chi connectivity index (χ4n) is 2.97. The lowest BCUT2D eigenvalue weighted by Crippen LogP contribution is -2.42. The molecule has 2 aromatic heterocycles. The van der Waals surface area contributed by atoms with Gasteiger partial charge in [0.15, 0.2) is 0 Å². The Balaban J connectivity index is 1.63. The molecule has 1 fully saturated rings. The summed E-state index contributed by atoms with van der Waals surface area (Å²) in [7, 11) is 0. The number of anilines is 1. The summed E-state index contributed by atoms with van der Waals surface area (Å²) < 4.78 is 26.6. The van der Waals surface area contributed by atoms with Gasteiger partial charge in [-0.25, -0.2) is 23.7 Å². The van der Waals surface area contributed by atoms with Crippen LogP contribution in [0.25, 0.3) is 22.3 Å². The Kier molecular flexibility index (Phi) is 4.14. The summed E-state index contributed by atoms with van der Waals surface area (Å²) >= 11 is 0. The van der Waals surface area contributed by atoms with Crippen molar-refractivity contribution in [2.75, 3.05) is 18.8 Å². The Labute approximate surface area is 153 Å². The maximum atomic E-state index is 13.3. The highest BCUT2D eigenvalue weighted by Crippen LogP contribution is 2.28. The summed E-state index contributed by atoms with van der Waals surface area (Å²) in [5, 5.41) is 0. The molecule has 1 saturated heterocycles. The van der Waals surface area contributed by atoms with Crippen molar-refractivity contribution in [2.24, 2.45) is 0 Å². The molecule has 138 valence electrons. The largest absolute Gasteiger partial charge is 0.368 e. The molecule has 7 nitrogen and oxygen atoms in total. The summed E-state index contributed by atoms with van der Waals surface area (Å²) in [5.41, 5.74) is 8.23. The number of nitrogens with zero attached hydrogens (tertiary/aromatic N) is 5. The smallest absolute Gasteiger partial charge is 0.253 e. The van der Waals surface area contributed by atoms with E-state index < -0.39 is 5.92 Å². The van der Waals surface area contributed by atoms with Crippen molar-refractivity contribution in [3.8, 4) is 11.3 Å². The first-order valence-corrected chi connectivity index (χ1v) is 8.43. The van der Waals surface area contributed by atoms with E-state index in [0.717, 1.165) is 0 Å². The molecular formula is C18H16F2N6O. The van der Waals surface area contributed by atoms with Gasteiger partial charge in [0.1, 0.15) is 0 Å². The number of benzene rings is 1. The number of nitrogen functional groups attached to an aromatic ring is 1. The van der Waals surface area contributed by atoms with Crippen LogP contribution in [0, 0.1) is 0 Å². The number of alkyl halides is 2. The third-order valence-electron chi connectivity index (χ3n) is 4.54. The Bertz CT molecular complexity index is 998. The van der Waals surface area contributed by atoms with E-state index in [1.807, 2.05) is 0 Å². The van der Waals surface area contributed by atoms with Crippen molar-refractivity contribution in [3.63, 3.8) is 0 Å². The first kappa shape index (κ1) is 17.2. The van der Waals surface area contributed by atoms with Gasteiger partial charge in [-0.1, -0.05) is 0 Å². The van der Waals surface area contributed by atoms with Crippen LogP contribution in [-0.2, 0) is 0 Å². The van der Waals surface area contributed by atoms with Crippen LogP contribution in [0.4, 0.5) is 14.7 Å². The number of carbonyl (C=O) groups excluding carboxylic acids is 1. The second kappa shape index (κ2) is 6.49. The zero-order valence-corrected chi connectivity index (χ0v) is 14.3. The Hall–Kier alpha value is -3.23. The van der Waals surface area contributed by atoms with Gasteiger partial charge in [-0.2, -0.15) is 0 Å². The van der Waals surface area contributed by atoms with Crippen molar-refractivity contribution in [3.05, 3.63) is 42.4 Å². The second-order valence-electron chi connectivity index (χ2n) is 6.44. The third-order valence-corrected chi connectivity index (χ3v) is 4.54. The number of piperidine rings is 1. The summed E-state index contributed by atoms with van der Waals surface area (Å²) in [6.07, 6.45) is 4.05. The number of nitrogens with two attached hydrogens (primary N) is 1. The number of carbonyl (C=O) groups is 1. The zero-order chi connectivity index (χ0) is 19.0. The Morgan fingerprint density at radius 3 is 2.44 bits per heavy atom. The van der Waals surface area contributed by atoms with Crippen LogP contribution in [0.2, 0.25) is 0 Å². The number of halogens is 2. The van der Waals surface area contributed by atoms with Gasteiger partial charge in [0.25, 0.3) is 11.8 Å². The maximum absolute atomic E-state index is 13.3. The van der Waals surface area contributed by atoms with Gasteiger partial charge in [0.2, 0.25) is 5.95 Å². The van der Waals surface area contributed by atoms with Crippen molar-refractivity contribution < 1.29 is 13.6 Å². The third kappa shape index (κ3) is 3.53. The Morgan fingerprint density at radius 2 is 1.74 bits per heavy atom. The molecule has 0 unspecified atom stereocenters. The highest BCUT2D eigenvalue weighted by atomic mass is 19.3. The molecule has 0 radical (unpaired) electrons. The number of fused-ring (bicyclic) bond motifs is 1. The summed E-state index contributed by atoms with van der Waals surface area (Å²) in [6, 6.07) is 4.95. The molecule has 0 atom stereocenters. The first-order chi connectivity index (χ1) is 12.9. The maximum Gasteiger partial charge on any atom is 0.253 e. The first-order valence-electron chi connectivity index (χ1n) is 8.43. The fraction of sp³-hybridized carbons (Fsp3) is 0.278. The highest BCUT2D eigenvalue weighted by Gasteiger charge is 2.35. The van der Waals surface area contributed by atoms with Crippen LogP contribution in [0.1, 0.15) is 23.2 Å². The van der Waals surface area contributed by atoms with Gasteiger partial charge in [0.05, 0.1) is 22.9 Å². The van der Waals surface area contributed by atoms with E-state index in [1.54, 1.807) is 36.8 Å². The van der Waals surface area contributed by atoms with E-state index in [0.29, 0.717) is 27.9 Å². The molecule has 0 bridgehead atoms. The molecule has 2 N–H and O–H groups in total. The molecule has 1 aliphatic rings. The van der Waals surface area contributed by atoms with Gasteiger partial charge in [-0.15, -0.1) is 0 Å². The molecule has 3 aromatic rings. The van der Waals surface area contributed by atoms with Gasteiger partial charge < -0.3 is 10.6 Å². The SMILES string of the molecule is Nc1ncc(-c2cnc3ccc(C(=O)N4CCC(F)(F)CC4)cc3n2)cn1. The van der Waals surface area contributed by atoms with Crippen molar-refractivity contribution in [2.45, 2.75) is 18.8 Å². The average Bonchev–Trinajstić information content (AvgIpc) is 2.67. The molecule has 1 amide bonds. The van der Waals surface area contributed by atoms with Crippen molar-refractivity contribution >= 4 is 22.9 Å². The predicted molar refractivity (Wildman–Crippen MR) is 95.1 cm³/mol. The second-order valence-corrected chi connectivity index (χ2v) is 6.44. The molecule has 9 heteroatoms. The van der Waals surface area contributed by atoms with Gasteiger partial charge in [0, 0.05) is 49.5 Å². The van der Waals surface area contributed by atoms with Crippen LogP contribution >= 0.6 is 0 Å². The summed E-state index contributed by atoms with van der Waals surface area (Å²) in [5.74, 6) is -2.82. The number of hydrogen-bond donors (Lipinski definition) is 1. The normalized spacial score (nSPS) is 16.4. The molecule has 3 heterocycles. The average molecular weight is 370 g/mol. The monoisotopic (exact) mass is 370 g/mol. The van der Waals surface area contributed by atoms with E-state index in [4.69, 9.17) is 5.73 Å². The molecule has 4 rings (SSSR count). The molecule has 27 heavy (non-hydrogen) atoms. The number of amides is 1. The fourth-order valence-corrected chi connectivity index (χ4v) is 2.97. The minimum atomic E-state index is -2.69. The number of rotatable bonds is 2. The predicted octanol–water partition coefficient (Wildman–Crippen LogP) is 2.54. The van der Waals surface area contributed by atoms with E-state index in [1.165, 1.54) is 4.90 Å². The molecule has 0 saturated carbocycles. The topological polar surface area (TPSA) is 97.9 Å². The Morgan fingerprint density at radius 1 is 1.04 bits per heavy atom. The lowest BCUT2D eigenvalue weighted by molar-refractivity contribution is -0.0494. The number of aromatic nitrogens is 4. The molecular weight excluding hydrogens is 354 g/mol. The van der Waals surface area contributed by atoms with Crippen LogP contribution in [0.3, 0.4) is 0 Å². The van der Waals surface area contributed by atoms with E-state index in [-0.39, 0.29) is 37.8 Å². The van der Waals surface area contributed by atoms with Gasteiger partial charge in [-0.05, 0) is 18.2 Å². The standard InChI is InChI=1S/C18H16F2N6O/c19-18(20)3-5-26(6-4-18)16(27)11-1-2-13-14(7-11)25-15(10-22-13)12-8-23-17(21)24-9-12/h1-2,7-10H,3-6H2,(H2,21,23,24). The van der Waals surface area contributed by atoms with Crippen molar-refractivity contribution in [1.29, 1.82) is 0 Å². The zero-order valence-electron chi connectivity index (χ0n) is 14.3. The molecule has 0 aliphatic carbocycles. The van der Waals surface area contributed by atoms with E-state index in [2.05, 4.69) is 19.9 Å². The van der Waals surface area contributed by atoms with Crippen LogP contribution in [-0.4, -0.2) is 49.8 Å². The van der Waals surface area contributed by atoms with Gasteiger partial charge >= 0.3 is 0 Å². The summed E-state index contributed by atoms with van der Waals surface area (Å²) in [6.45, 7) is 0.0801. The van der Waals surface area contributed by atoms with Crippen LogP contribution < -0.4 is 5.73 Å². The quantitative estimate of drug-likeness (QED) is 0.744. The minimum absolute atomic E-state index is 0.0400. The lowest BCUT2D eigenvalue weighted by Gasteiger charge is -2.31.